The minimum absolute atomic E-state index is 0.134. The Morgan fingerprint density at radius 3 is 2.75 bits per heavy atom. The second-order valence-electron chi connectivity index (χ2n) is 4.41. The molecule has 1 atom stereocenters. The molecule has 1 heterocycles. The van der Waals surface area contributed by atoms with E-state index in [1.54, 1.807) is 6.20 Å². The van der Waals surface area contributed by atoms with Crippen LogP contribution in [0.5, 0.6) is 0 Å². The van der Waals surface area contributed by atoms with Crippen LogP contribution in [0.25, 0.3) is 0 Å². The van der Waals surface area contributed by atoms with Crippen molar-refractivity contribution in [3.63, 3.8) is 0 Å². The molecule has 0 aliphatic heterocycles. The fourth-order valence-electron chi connectivity index (χ4n) is 1.68. The summed E-state index contributed by atoms with van der Waals surface area (Å²) >= 11 is 3.50. The lowest BCUT2D eigenvalue weighted by atomic mass is 10.0. The molecule has 0 spiro atoms. The van der Waals surface area contributed by atoms with Crippen molar-refractivity contribution in [3.05, 3.63) is 28.5 Å². The Labute approximate surface area is 106 Å². The summed E-state index contributed by atoms with van der Waals surface area (Å²) in [5.74, 6) is 6.32. The predicted octanol–water partition coefficient (Wildman–Crippen LogP) is 3.17. The lowest BCUT2D eigenvalue weighted by molar-refractivity contribution is 0.447. The van der Waals surface area contributed by atoms with Gasteiger partial charge in [-0.2, -0.15) is 0 Å². The Morgan fingerprint density at radius 2 is 2.19 bits per heavy atom. The second kappa shape index (κ2) is 6.99. The fourth-order valence-corrected chi connectivity index (χ4v) is 2.21. The number of nitrogens with two attached hydrogens (primary N) is 1. The van der Waals surface area contributed by atoms with E-state index in [9.17, 15) is 0 Å². The fraction of sp³-hybridized carbons (Fsp3) is 0.583. The Balaban J connectivity index is 2.57. The van der Waals surface area contributed by atoms with Gasteiger partial charge >= 0.3 is 0 Å². The van der Waals surface area contributed by atoms with Crippen LogP contribution < -0.4 is 11.3 Å². The average molecular weight is 286 g/mol. The third-order valence-electron chi connectivity index (χ3n) is 2.59. The van der Waals surface area contributed by atoms with E-state index in [1.165, 1.54) is 6.42 Å². The van der Waals surface area contributed by atoms with Crippen molar-refractivity contribution in [3.8, 4) is 0 Å². The number of rotatable bonds is 6. The quantitative estimate of drug-likeness (QED) is 0.624. The maximum atomic E-state index is 5.58. The Hall–Kier alpha value is -0.450. The van der Waals surface area contributed by atoms with Gasteiger partial charge in [0.1, 0.15) is 0 Å². The van der Waals surface area contributed by atoms with E-state index in [-0.39, 0.29) is 6.04 Å². The minimum atomic E-state index is 0.134. The number of pyridine rings is 1. The predicted molar refractivity (Wildman–Crippen MR) is 70.7 cm³/mol. The molecule has 0 aromatic carbocycles. The van der Waals surface area contributed by atoms with Crippen molar-refractivity contribution >= 4 is 15.9 Å². The monoisotopic (exact) mass is 285 g/mol. The van der Waals surface area contributed by atoms with E-state index in [1.807, 2.05) is 12.1 Å². The normalized spacial score (nSPS) is 13.1. The van der Waals surface area contributed by atoms with E-state index in [4.69, 9.17) is 5.84 Å². The molecule has 1 rings (SSSR count). The van der Waals surface area contributed by atoms with E-state index in [0.717, 1.165) is 28.9 Å². The van der Waals surface area contributed by atoms with Crippen LogP contribution >= 0.6 is 15.9 Å². The number of aromatic nitrogens is 1. The standard InChI is InChI=1S/C12H20BrN3/c1-9(2)5-3-7-11(16-14)12-10(13)6-4-8-15-12/h4,6,8-9,11,16H,3,5,7,14H2,1-2H3. The lowest BCUT2D eigenvalue weighted by Crippen LogP contribution is -2.29. The van der Waals surface area contributed by atoms with Crippen molar-refractivity contribution in [2.24, 2.45) is 11.8 Å². The van der Waals surface area contributed by atoms with Crippen LogP contribution in [0.2, 0.25) is 0 Å². The smallest absolute Gasteiger partial charge is 0.0728 e. The highest BCUT2D eigenvalue weighted by molar-refractivity contribution is 9.10. The molecular formula is C12H20BrN3. The SMILES string of the molecule is CC(C)CCCC(NN)c1ncccc1Br. The van der Waals surface area contributed by atoms with Gasteiger partial charge in [0.2, 0.25) is 0 Å². The Bertz CT molecular complexity index is 315. The molecule has 3 N–H and O–H groups in total. The van der Waals surface area contributed by atoms with Crippen LogP contribution in [0.3, 0.4) is 0 Å². The first-order valence-corrected chi connectivity index (χ1v) is 6.51. The molecule has 1 aromatic heterocycles. The highest BCUT2D eigenvalue weighted by Gasteiger charge is 2.13. The van der Waals surface area contributed by atoms with Crippen LogP contribution in [0.1, 0.15) is 44.8 Å². The van der Waals surface area contributed by atoms with Crippen molar-refractivity contribution < 1.29 is 0 Å². The summed E-state index contributed by atoms with van der Waals surface area (Å²) in [7, 11) is 0. The average Bonchev–Trinajstić information content (AvgIpc) is 2.25. The van der Waals surface area contributed by atoms with Gasteiger partial charge in [-0.3, -0.25) is 16.3 Å². The van der Waals surface area contributed by atoms with Gasteiger partial charge < -0.3 is 0 Å². The molecule has 0 saturated carbocycles. The van der Waals surface area contributed by atoms with E-state index in [2.05, 4.69) is 40.2 Å². The van der Waals surface area contributed by atoms with Crippen molar-refractivity contribution in [2.45, 2.75) is 39.2 Å². The zero-order valence-electron chi connectivity index (χ0n) is 9.91. The zero-order valence-corrected chi connectivity index (χ0v) is 11.5. The molecule has 16 heavy (non-hydrogen) atoms. The van der Waals surface area contributed by atoms with Gasteiger partial charge in [-0.25, -0.2) is 0 Å². The van der Waals surface area contributed by atoms with Crippen molar-refractivity contribution in [1.82, 2.24) is 10.4 Å². The zero-order chi connectivity index (χ0) is 12.0. The first-order chi connectivity index (χ1) is 7.65. The van der Waals surface area contributed by atoms with Gasteiger partial charge in [-0.05, 0) is 40.4 Å². The van der Waals surface area contributed by atoms with Crippen LogP contribution in [0, 0.1) is 5.92 Å². The summed E-state index contributed by atoms with van der Waals surface area (Å²) in [5, 5.41) is 0. The molecule has 1 aromatic rings. The molecule has 1 unspecified atom stereocenters. The van der Waals surface area contributed by atoms with Crippen LogP contribution in [0.4, 0.5) is 0 Å². The van der Waals surface area contributed by atoms with Gasteiger partial charge in [0.25, 0.3) is 0 Å². The molecule has 90 valence electrons. The number of hydrogen-bond acceptors (Lipinski definition) is 3. The molecule has 0 bridgehead atoms. The molecule has 0 aliphatic carbocycles. The molecular weight excluding hydrogens is 266 g/mol. The molecule has 4 heteroatoms. The van der Waals surface area contributed by atoms with Gasteiger partial charge in [-0.1, -0.05) is 26.7 Å². The van der Waals surface area contributed by atoms with Crippen LogP contribution in [-0.4, -0.2) is 4.98 Å². The van der Waals surface area contributed by atoms with E-state index < -0.39 is 0 Å². The first kappa shape index (κ1) is 13.6. The highest BCUT2D eigenvalue weighted by Crippen LogP contribution is 2.24. The second-order valence-corrected chi connectivity index (χ2v) is 5.27. The molecule has 0 amide bonds. The number of nitrogens with zero attached hydrogens (tertiary/aromatic N) is 1. The molecule has 0 aliphatic rings. The summed E-state index contributed by atoms with van der Waals surface area (Å²) in [6.45, 7) is 4.48. The van der Waals surface area contributed by atoms with Crippen molar-refractivity contribution in [1.29, 1.82) is 0 Å². The summed E-state index contributed by atoms with van der Waals surface area (Å²) in [6, 6.07) is 4.04. The van der Waals surface area contributed by atoms with Gasteiger partial charge in [0.05, 0.1) is 11.7 Å². The number of hydrogen-bond donors (Lipinski definition) is 2. The maximum Gasteiger partial charge on any atom is 0.0728 e. The van der Waals surface area contributed by atoms with Gasteiger partial charge in [-0.15, -0.1) is 0 Å². The van der Waals surface area contributed by atoms with E-state index >= 15 is 0 Å². The van der Waals surface area contributed by atoms with Crippen LogP contribution in [-0.2, 0) is 0 Å². The molecule has 0 saturated heterocycles. The van der Waals surface area contributed by atoms with Gasteiger partial charge in [0, 0.05) is 10.7 Å². The van der Waals surface area contributed by atoms with Crippen LogP contribution in [0.15, 0.2) is 22.8 Å². The minimum Gasteiger partial charge on any atom is -0.271 e. The Morgan fingerprint density at radius 1 is 1.44 bits per heavy atom. The first-order valence-electron chi connectivity index (χ1n) is 5.71. The molecule has 3 nitrogen and oxygen atoms in total. The summed E-state index contributed by atoms with van der Waals surface area (Å²) in [6.07, 6.45) is 5.20. The summed E-state index contributed by atoms with van der Waals surface area (Å²) in [4.78, 5) is 4.36. The third-order valence-corrected chi connectivity index (χ3v) is 3.26. The number of hydrazine groups is 1. The third kappa shape index (κ3) is 4.20. The van der Waals surface area contributed by atoms with Crippen molar-refractivity contribution in [2.75, 3.05) is 0 Å². The summed E-state index contributed by atoms with van der Waals surface area (Å²) in [5.41, 5.74) is 3.83. The highest BCUT2D eigenvalue weighted by atomic mass is 79.9. The molecule has 0 radical (unpaired) electrons. The summed E-state index contributed by atoms with van der Waals surface area (Å²) < 4.78 is 1.02. The Kier molecular flexibility index (Phi) is 5.95. The van der Waals surface area contributed by atoms with Gasteiger partial charge in [0.15, 0.2) is 0 Å². The topological polar surface area (TPSA) is 50.9 Å². The molecule has 0 fully saturated rings. The number of halogens is 1. The maximum absolute atomic E-state index is 5.58. The van der Waals surface area contributed by atoms with E-state index in [0.29, 0.717) is 0 Å². The number of nitrogens with one attached hydrogen (secondary N) is 1. The lowest BCUT2D eigenvalue weighted by Gasteiger charge is -2.17. The largest absolute Gasteiger partial charge is 0.271 e.